The van der Waals surface area contributed by atoms with Crippen molar-refractivity contribution < 1.29 is 19.4 Å². The minimum absolute atomic E-state index is 0.0766. The molecule has 0 saturated heterocycles. The number of nitrogens with one attached hydrogen (secondary N) is 1. The molecule has 6 nitrogen and oxygen atoms in total. The van der Waals surface area contributed by atoms with Gasteiger partial charge in [0.15, 0.2) is 5.75 Å². The third kappa shape index (κ3) is 4.89. The Kier molecular flexibility index (Phi) is 7.43. The SMILES string of the molecule is CCN(CC)CC.O=C(O)c1c(O)c(Cc2c[nH]c3ccccc23)nc2ccc(F)cc12. The molecule has 0 unspecified atom stereocenters. The van der Waals surface area contributed by atoms with Crippen LogP contribution in [0, 0.1) is 5.82 Å². The number of hydrogen-bond donors (Lipinski definition) is 3. The lowest BCUT2D eigenvalue weighted by Gasteiger charge is -2.13. The number of rotatable bonds is 6. The van der Waals surface area contributed by atoms with Gasteiger partial charge >= 0.3 is 5.97 Å². The van der Waals surface area contributed by atoms with Gasteiger partial charge in [-0.2, -0.15) is 0 Å². The Balaban J connectivity index is 0.000000360. The van der Waals surface area contributed by atoms with Crippen LogP contribution in [0.3, 0.4) is 0 Å². The molecule has 0 aliphatic carbocycles. The normalized spacial score (nSPS) is 11.0. The van der Waals surface area contributed by atoms with Gasteiger partial charge in [0.2, 0.25) is 0 Å². The summed E-state index contributed by atoms with van der Waals surface area (Å²) in [5.74, 6) is -2.34. The number of carboxylic acid groups (broad SMARTS) is 1. The minimum Gasteiger partial charge on any atom is -0.505 e. The number of fused-ring (bicyclic) bond motifs is 2. The van der Waals surface area contributed by atoms with Gasteiger partial charge in [-0.05, 0) is 49.5 Å². The standard InChI is InChI=1S/C19H13FN2O3.C6H15N/c20-11-5-6-15-13(8-11)17(19(24)25)18(23)16(22-15)7-10-9-21-14-4-2-1-3-12(10)14;1-4-7(5-2)6-3/h1-6,8-9,21,23H,7H2,(H,24,25);4-6H2,1-3H3. The van der Waals surface area contributed by atoms with Crippen molar-refractivity contribution in [1.29, 1.82) is 0 Å². The fraction of sp³-hybridized carbons (Fsp3) is 0.280. The molecule has 7 heteroatoms. The quantitative estimate of drug-likeness (QED) is 0.386. The van der Waals surface area contributed by atoms with E-state index >= 15 is 0 Å². The molecule has 168 valence electrons. The second-order valence-corrected chi connectivity index (χ2v) is 7.40. The molecule has 0 atom stereocenters. The first-order valence-corrected chi connectivity index (χ1v) is 10.7. The van der Waals surface area contributed by atoms with Gasteiger partial charge < -0.3 is 20.1 Å². The van der Waals surface area contributed by atoms with Gasteiger partial charge in [0.1, 0.15) is 11.4 Å². The maximum absolute atomic E-state index is 13.5. The number of nitrogens with zero attached hydrogens (tertiary/aromatic N) is 2. The largest absolute Gasteiger partial charge is 0.505 e. The van der Waals surface area contributed by atoms with Crippen LogP contribution in [0.2, 0.25) is 0 Å². The Morgan fingerprint density at radius 3 is 2.38 bits per heavy atom. The van der Waals surface area contributed by atoms with Crippen molar-refractivity contribution in [1.82, 2.24) is 14.9 Å². The highest BCUT2D eigenvalue weighted by molar-refractivity contribution is 6.05. The Hall–Kier alpha value is -3.45. The highest BCUT2D eigenvalue weighted by atomic mass is 19.1. The fourth-order valence-corrected chi connectivity index (χ4v) is 3.75. The molecule has 0 aliphatic rings. The number of para-hydroxylation sites is 1. The lowest BCUT2D eigenvalue weighted by atomic mass is 10.0. The van der Waals surface area contributed by atoms with Crippen LogP contribution in [0.25, 0.3) is 21.8 Å². The lowest BCUT2D eigenvalue weighted by molar-refractivity contribution is 0.0695. The van der Waals surface area contributed by atoms with E-state index in [1.165, 1.54) is 31.8 Å². The van der Waals surface area contributed by atoms with Gasteiger partial charge in [-0.25, -0.2) is 14.2 Å². The molecule has 0 saturated carbocycles. The third-order valence-electron chi connectivity index (χ3n) is 5.58. The second kappa shape index (κ2) is 10.2. The van der Waals surface area contributed by atoms with E-state index in [9.17, 15) is 19.4 Å². The van der Waals surface area contributed by atoms with E-state index in [0.29, 0.717) is 5.52 Å². The number of carbonyl (C=O) groups is 1. The molecule has 0 aliphatic heterocycles. The van der Waals surface area contributed by atoms with Gasteiger partial charge in [-0.3, -0.25) is 0 Å². The highest BCUT2D eigenvalue weighted by Crippen LogP contribution is 2.32. The number of pyridine rings is 1. The number of aromatic nitrogens is 2. The first-order chi connectivity index (χ1) is 15.4. The van der Waals surface area contributed by atoms with Crippen LogP contribution in [0.1, 0.15) is 42.4 Å². The summed E-state index contributed by atoms with van der Waals surface area (Å²) in [5.41, 5.74) is 2.06. The zero-order chi connectivity index (χ0) is 23.3. The molecule has 0 spiro atoms. The van der Waals surface area contributed by atoms with E-state index in [1.807, 2.05) is 24.3 Å². The van der Waals surface area contributed by atoms with E-state index in [2.05, 4.69) is 35.6 Å². The number of carboxylic acids is 1. The summed E-state index contributed by atoms with van der Waals surface area (Å²) >= 11 is 0. The summed E-state index contributed by atoms with van der Waals surface area (Å²) in [5, 5.41) is 21.0. The van der Waals surface area contributed by atoms with E-state index in [0.717, 1.165) is 22.5 Å². The number of aromatic amines is 1. The maximum atomic E-state index is 13.5. The molecular formula is C25H28FN3O3. The average molecular weight is 438 g/mol. The second-order valence-electron chi connectivity index (χ2n) is 7.40. The number of hydrogen-bond acceptors (Lipinski definition) is 4. The third-order valence-corrected chi connectivity index (χ3v) is 5.58. The molecule has 4 aromatic rings. The van der Waals surface area contributed by atoms with Crippen molar-refractivity contribution in [2.24, 2.45) is 0 Å². The molecular weight excluding hydrogens is 409 g/mol. The lowest BCUT2D eigenvalue weighted by Crippen LogP contribution is -2.21. The van der Waals surface area contributed by atoms with Crippen LogP contribution in [0.15, 0.2) is 48.7 Å². The van der Waals surface area contributed by atoms with Crippen molar-refractivity contribution in [3.8, 4) is 5.75 Å². The summed E-state index contributed by atoms with van der Waals surface area (Å²) < 4.78 is 13.5. The summed E-state index contributed by atoms with van der Waals surface area (Å²) in [4.78, 5) is 21.5. The van der Waals surface area contributed by atoms with Crippen LogP contribution in [-0.4, -0.2) is 50.7 Å². The van der Waals surface area contributed by atoms with Crippen molar-refractivity contribution >= 4 is 27.8 Å². The Morgan fingerprint density at radius 1 is 1.06 bits per heavy atom. The van der Waals surface area contributed by atoms with E-state index in [-0.39, 0.29) is 23.1 Å². The van der Waals surface area contributed by atoms with Crippen molar-refractivity contribution in [3.05, 3.63) is 71.3 Å². The fourth-order valence-electron chi connectivity index (χ4n) is 3.75. The predicted octanol–water partition coefficient (Wildman–Crippen LogP) is 5.20. The monoisotopic (exact) mass is 437 g/mol. The topological polar surface area (TPSA) is 89.5 Å². The average Bonchev–Trinajstić information content (AvgIpc) is 3.19. The predicted molar refractivity (Wildman–Crippen MR) is 125 cm³/mol. The summed E-state index contributed by atoms with van der Waals surface area (Å²) in [6.07, 6.45) is 2.06. The Morgan fingerprint density at radius 2 is 1.75 bits per heavy atom. The van der Waals surface area contributed by atoms with Gasteiger partial charge in [0.25, 0.3) is 0 Å². The van der Waals surface area contributed by atoms with E-state index in [1.54, 1.807) is 6.20 Å². The van der Waals surface area contributed by atoms with Crippen molar-refractivity contribution in [3.63, 3.8) is 0 Å². The molecule has 0 bridgehead atoms. The Bertz CT molecular complexity index is 1230. The number of halogens is 1. The van der Waals surface area contributed by atoms with Crippen LogP contribution in [-0.2, 0) is 6.42 Å². The van der Waals surface area contributed by atoms with Crippen LogP contribution >= 0.6 is 0 Å². The number of aromatic hydroxyl groups is 1. The molecule has 32 heavy (non-hydrogen) atoms. The van der Waals surface area contributed by atoms with E-state index in [4.69, 9.17) is 0 Å². The molecule has 0 amide bonds. The number of aromatic carboxylic acids is 1. The zero-order valence-electron chi connectivity index (χ0n) is 18.5. The highest BCUT2D eigenvalue weighted by Gasteiger charge is 2.21. The van der Waals surface area contributed by atoms with Crippen molar-refractivity contribution in [2.75, 3.05) is 19.6 Å². The van der Waals surface area contributed by atoms with Gasteiger partial charge in [-0.1, -0.05) is 39.0 Å². The number of H-pyrrole nitrogens is 1. The molecule has 3 N–H and O–H groups in total. The van der Waals surface area contributed by atoms with Crippen LogP contribution in [0.4, 0.5) is 4.39 Å². The summed E-state index contributed by atoms with van der Waals surface area (Å²) in [6, 6.07) is 11.4. The van der Waals surface area contributed by atoms with Crippen LogP contribution in [0.5, 0.6) is 5.75 Å². The minimum atomic E-state index is -1.32. The molecule has 0 radical (unpaired) electrons. The Labute approximate surface area is 186 Å². The summed E-state index contributed by atoms with van der Waals surface area (Å²) in [7, 11) is 0. The summed E-state index contributed by atoms with van der Waals surface area (Å²) in [6.45, 7) is 10.1. The van der Waals surface area contributed by atoms with Gasteiger partial charge in [0, 0.05) is 28.9 Å². The van der Waals surface area contributed by atoms with Gasteiger partial charge in [0.05, 0.1) is 11.2 Å². The molecule has 0 fully saturated rings. The molecule has 2 aromatic carbocycles. The van der Waals surface area contributed by atoms with Crippen LogP contribution < -0.4 is 0 Å². The van der Waals surface area contributed by atoms with Crippen molar-refractivity contribution in [2.45, 2.75) is 27.2 Å². The smallest absolute Gasteiger partial charge is 0.340 e. The maximum Gasteiger partial charge on any atom is 0.340 e. The van der Waals surface area contributed by atoms with E-state index < -0.39 is 17.5 Å². The molecule has 2 aromatic heterocycles. The number of benzene rings is 2. The first-order valence-electron chi connectivity index (χ1n) is 10.7. The molecule has 2 heterocycles. The first kappa shape index (κ1) is 23.2. The zero-order valence-corrected chi connectivity index (χ0v) is 18.5. The van der Waals surface area contributed by atoms with Gasteiger partial charge in [-0.15, -0.1) is 0 Å². The molecule has 4 rings (SSSR count).